The molecule has 6 nitrogen and oxygen atoms in total. The fourth-order valence-electron chi connectivity index (χ4n) is 3.07. The Kier molecular flexibility index (Phi) is 5.73. The number of carbonyl (C=O) groups excluding carboxylic acids is 1. The van der Waals surface area contributed by atoms with Gasteiger partial charge in [0.2, 0.25) is 5.88 Å². The second kappa shape index (κ2) is 8.19. The Morgan fingerprint density at radius 1 is 1.23 bits per heavy atom. The number of aliphatic imine (C=N–C) groups is 1. The first-order valence-electron chi connectivity index (χ1n) is 8.67. The van der Waals surface area contributed by atoms with Gasteiger partial charge in [0.1, 0.15) is 5.78 Å². The van der Waals surface area contributed by atoms with Gasteiger partial charge in [0.15, 0.2) is 0 Å². The number of carbonyl (C=O) groups is 1. The number of hydrogen-bond donors (Lipinski definition) is 0. The van der Waals surface area contributed by atoms with Gasteiger partial charge < -0.3 is 9.47 Å². The highest BCUT2D eigenvalue weighted by Crippen LogP contribution is 2.25. The van der Waals surface area contributed by atoms with E-state index in [-0.39, 0.29) is 5.78 Å². The molecule has 0 unspecified atom stereocenters. The molecular weight excluding hydrogens is 330 g/mol. The zero-order chi connectivity index (χ0) is 18.5. The van der Waals surface area contributed by atoms with Crippen molar-refractivity contribution in [3.8, 4) is 5.88 Å². The Bertz CT molecular complexity index is 846. The quantitative estimate of drug-likeness (QED) is 0.682. The lowest BCUT2D eigenvalue weighted by Crippen LogP contribution is -2.08. The van der Waals surface area contributed by atoms with Gasteiger partial charge in [-0.3, -0.25) is 14.8 Å². The minimum absolute atomic E-state index is 0.183. The minimum atomic E-state index is 0.183. The van der Waals surface area contributed by atoms with Gasteiger partial charge in [-0.1, -0.05) is 0 Å². The van der Waals surface area contributed by atoms with Crippen LogP contribution < -0.4 is 4.74 Å². The predicted molar refractivity (Wildman–Crippen MR) is 98.9 cm³/mol. The molecule has 0 bridgehead atoms. The topological polar surface area (TPSA) is 73.7 Å². The molecule has 2 aromatic rings. The van der Waals surface area contributed by atoms with Gasteiger partial charge in [-0.2, -0.15) is 0 Å². The Morgan fingerprint density at radius 3 is 2.85 bits per heavy atom. The molecule has 0 spiro atoms. The molecule has 0 atom stereocenters. The molecule has 0 saturated carbocycles. The van der Waals surface area contributed by atoms with E-state index in [9.17, 15) is 4.79 Å². The fourth-order valence-corrected chi connectivity index (χ4v) is 3.07. The number of ether oxygens (including phenoxy) is 2. The predicted octanol–water partition coefficient (Wildman–Crippen LogP) is 2.68. The number of aryl methyl sites for hydroxylation is 1. The number of pyridine rings is 2. The molecule has 3 heterocycles. The van der Waals surface area contributed by atoms with E-state index < -0.39 is 0 Å². The maximum absolute atomic E-state index is 12.0. The molecule has 0 aliphatic carbocycles. The molecule has 0 fully saturated rings. The SMILES string of the molecule is COCCCC(=O)Cc1cc2c(cn1)C(c1cc(C)nc(OC)c1)=NC2. The fraction of sp³-hybridized carbons (Fsp3) is 0.400. The van der Waals surface area contributed by atoms with Gasteiger partial charge in [0.25, 0.3) is 0 Å². The first-order valence-corrected chi connectivity index (χ1v) is 8.67. The van der Waals surface area contributed by atoms with Crippen molar-refractivity contribution >= 4 is 11.5 Å². The third kappa shape index (κ3) is 4.14. The Balaban J connectivity index is 1.75. The number of Topliss-reactive ketones (excluding diaryl/α,β-unsaturated/α-hetero) is 1. The maximum Gasteiger partial charge on any atom is 0.213 e. The molecule has 2 aromatic heterocycles. The summed E-state index contributed by atoms with van der Waals surface area (Å²) in [6.07, 6.45) is 3.44. The summed E-state index contributed by atoms with van der Waals surface area (Å²) in [5.41, 5.74) is 5.65. The third-order valence-corrected chi connectivity index (χ3v) is 4.30. The lowest BCUT2D eigenvalue weighted by molar-refractivity contribution is -0.118. The lowest BCUT2D eigenvalue weighted by atomic mass is 10.0. The van der Waals surface area contributed by atoms with Crippen LogP contribution in [0.15, 0.2) is 29.4 Å². The number of rotatable bonds is 8. The Morgan fingerprint density at radius 2 is 2.08 bits per heavy atom. The highest BCUT2D eigenvalue weighted by molar-refractivity contribution is 6.15. The van der Waals surface area contributed by atoms with Crippen LogP contribution in [0.5, 0.6) is 5.88 Å². The largest absolute Gasteiger partial charge is 0.481 e. The van der Waals surface area contributed by atoms with E-state index in [1.54, 1.807) is 14.2 Å². The monoisotopic (exact) mass is 353 g/mol. The molecule has 3 rings (SSSR count). The normalized spacial score (nSPS) is 12.7. The molecule has 1 aliphatic rings. The van der Waals surface area contributed by atoms with Crippen LogP contribution in [0.4, 0.5) is 0 Å². The van der Waals surface area contributed by atoms with Crippen molar-refractivity contribution in [1.82, 2.24) is 9.97 Å². The third-order valence-electron chi connectivity index (χ3n) is 4.30. The molecular formula is C20H23N3O3. The number of aromatic nitrogens is 2. The van der Waals surface area contributed by atoms with Crippen LogP contribution in [0.25, 0.3) is 0 Å². The van der Waals surface area contributed by atoms with Crippen molar-refractivity contribution in [2.45, 2.75) is 32.7 Å². The van der Waals surface area contributed by atoms with Crippen LogP contribution in [-0.2, 0) is 22.5 Å². The van der Waals surface area contributed by atoms with Crippen molar-refractivity contribution in [2.75, 3.05) is 20.8 Å². The van der Waals surface area contributed by atoms with Gasteiger partial charge in [0.05, 0.1) is 19.4 Å². The first-order chi connectivity index (χ1) is 12.6. The minimum Gasteiger partial charge on any atom is -0.481 e. The highest BCUT2D eigenvalue weighted by Gasteiger charge is 2.20. The molecule has 26 heavy (non-hydrogen) atoms. The zero-order valence-corrected chi connectivity index (χ0v) is 15.4. The highest BCUT2D eigenvalue weighted by atomic mass is 16.5. The van der Waals surface area contributed by atoms with Crippen molar-refractivity contribution in [3.05, 3.63) is 52.5 Å². The number of fused-ring (bicyclic) bond motifs is 1. The molecule has 0 N–H and O–H groups in total. The van der Waals surface area contributed by atoms with Gasteiger partial charge in [0, 0.05) is 61.3 Å². The van der Waals surface area contributed by atoms with E-state index in [2.05, 4.69) is 15.0 Å². The molecule has 0 aromatic carbocycles. The Hall–Kier alpha value is -2.60. The zero-order valence-electron chi connectivity index (χ0n) is 15.4. The van der Waals surface area contributed by atoms with Gasteiger partial charge >= 0.3 is 0 Å². The second-order valence-corrected chi connectivity index (χ2v) is 6.35. The standard InChI is InChI=1S/C20H23N3O3/c1-13-7-14(9-19(23-13)26-3)20-18-12-21-16(8-15(18)11-22-20)10-17(24)5-4-6-25-2/h7-9,12H,4-6,10-11H2,1-3H3. The molecule has 6 heteroatoms. The summed E-state index contributed by atoms with van der Waals surface area (Å²) in [4.78, 5) is 25.5. The van der Waals surface area contributed by atoms with E-state index in [1.807, 2.05) is 31.3 Å². The van der Waals surface area contributed by atoms with Crippen molar-refractivity contribution in [3.63, 3.8) is 0 Å². The van der Waals surface area contributed by atoms with Crippen molar-refractivity contribution in [1.29, 1.82) is 0 Å². The van der Waals surface area contributed by atoms with E-state index >= 15 is 0 Å². The van der Waals surface area contributed by atoms with Crippen LogP contribution in [0, 0.1) is 6.92 Å². The van der Waals surface area contributed by atoms with Crippen LogP contribution in [-0.4, -0.2) is 42.3 Å². The molecule has 0 amide bonds. The summed E-state index contributed by atoms with van der Waals surface area (Å²) in [6, 6.07) is 5.86. The molecule has 0 radical (unpaired) electrons. The van der Waals surface area contributed by atoms with E-state index in [1.165, 1.54) is 0 Å². The van der Waals surface area contributed by atoms with Gasteiger partial charge in [-0.05, 0) is 31.0 Å². The van der Waals surface area contributed by atoms with E-state index in [4.69, 9.17) is 9.47 Å². The smallest absolute Gasteiger partial charge is 0.213 e. The number of hydrogen-bond acceptors (Lipinski definition) is 6. The average molecular weight is 353 g/mol. The summed E-state index contributed by atoms with van der Waals surface area (Å²) in [5.74, 6) is 0.755. The second-order valence-electron chi connectivity index (χ2n) is 6.35. The molecule has 136 valence electrons. The van der Waals surface area contributed by atoms with Gasteiger partial charge in [-0.15, -0.1) is 0 Å². The van der Waals surface area contributed by atoms with E-state index in [0.29, 0.717) is 31.9 Å². The maximum atomic E-state index is 12.0. The molecule has 0 saturated heterocycles. The van der Waals surface area contributed by atoms with Gasteiger partial charge in [-0.25, -0.2) is 4.98 Å². The number of methoxy groups -OCH3 is 2. The van der Waals surface area contributed by atoms with Crippen LogP contribution in [0.3, 0.4) is 0 Å². The molecule has 1 aliphatic heterocycles. The summed E-state index contributed by atoms with van der Waals surface area (Å²) in [7, 11) is 3.25. The summed E-state index contributed by atoms with van der Waals surface area (Å²) < 4.78 is 10.2. The number of nitrogens with zero attached hydrogens (tertiary/aromatic N) is 3. The summed E-state index contributed by atoms with van der Waals surface area (Å²) in [5, 5.41) is 0. The number of ketones is 1. The lowest BCUT2D eigenvalue weighted by Gasteiger charge is -2.08. The van der Waals surface area contributed by atoms with Crippen molar-refractivity contribution in [2.24, 2.45) is 4.99 Å². The average Bonchev–Trinajstić information content (AvgIpc) is 3.04. The van der Waals surface area contributed by atoms with Crippen molar-refractivity contribution < 1.29 is 14.3 Å². The van der Waals surface area contributed by atoms with Crippen LogP contribution in [0.2, 0.25) is 0 Å². The van der Waals surface area contributed by atoms with E-state index in [0.717, 1.165) is 40.2 Å². The van der Waals surface area contributed by atoms with Crippen LogP contribution >= 0.6 is 0 Å². The summed E-state index contributed by atoms with van der Waals surface area (Å²) >= 11 is 0. The Labute approximate surface area is 153 Å². The van der Waals surface area contributed by atoms with Crippen LogP contribution in [0.1, 0.15) is 40.9 Å². The first kappa shape index (κ1) is 18.2. The summed E-state index contributed by atoms with van der Waals surface area (Å²) in [6.45, 7) is 3.14.